The van der Waals surface area contributed by atoms with E-state index in [0.717, 1.165) is 0 Å². The van der Waals surface area contributed by atoms with Crippen molar-refractivity contribution in [1.29, 1.82) is 0 Å². The number of phenols is 1. The maximum atomic E-state index is 11.8. The summed E-state index contributed by atoms with van der Waals surface area (Å²) in [4.78, 5) is 11.0. The summed E-state index contributed by atoms with van der Waals surface area (Å²) >= 11 is 0. The van der Waals surface area contributed by atoms with Crippen LogP contribution < -0.4 is 10.1 Å². The van der Waals surface area contributed by atoms with Gasteiger partial charge in [-0.2, -0.15) is 13.2 Å². The first kappa shape index (κ1) is 14.9. The molecular formula is C11H12F3NO4. The Labute approximate surface area is 106 Å². The Kier molecular flexibility index (Phi) is 4.85. The summed E-state index contributed by atoms with van der Waals surface area (Å²) in [6.45, 7) is -1.72. The van der Waals surface area contributed by atoms with Gasteiger partial charge in [0.15, 0.2) is 18.1 Å². The van der Waals surface area contributed by atoms with E-state index in [1.807, 2.05) is 0 Å². The molecule has 0 atom stereocenters. The summed E-state index contributed by atoms with van der Waals surface area (Å²) in [5.74, 6) is 0.119. The predicted molar refractivity (Wildman–Crippen MR) is 58.9 cm³/mol. The zero-order chi connectivity index (χ0) is 14.5. The van der Waals surface area contributed by atoms with Crippen LogP contribution in [0.2, 0.25) is 0 Å². The highest BCUT2D eigenvalue weighted by atomic mass is 19.4. The fourth-order valence-corrected chi connectivity index (χ4v) is 1.22. The van der Waals surface area contributed by atoms with E-state index in [2.05, 4.69) is 10.1 Å². The van der Waals surface area contributed by atoms with Crippen LogP contribution in [0.15, 0.2) is 18.2 Å². The van der Waals surface area contributed by atoms with Gasteiger partial charge < -0.3 is 19.9 Å². The van der Waals surface area contributed by atoms with Gasteiger partial charge >= 0.3 is 12.3 Å². The number of nitrogens with one attached hydrogen (secondary N) is 1. The molecule has 1 aromatic rings. The summed E-state index contributed by atoms with van der Waals surface area (Å²) in [5, 5.41) is 11.6. The Balaban J connectivity index is 2.44. The fourth-order valence-electron chi connectivity index (χ4n) is 1.22. The Bertz CT molecular complexity index is 448. The normalized spacial score (nSPS) is 10.9. The first-order valence-electron chi connectivity index (χ1n) is 5.15. The lowest BCUT2D eigenvalue weighted by molar-refractivity contribution is -0.160. The van der Waals surface area contributed by atoms with Crippen LogP contribution >= 0.6 is 0 Å². The first-order valence-corrected chi connectivity index (χ1v) is 5.15. The number of methoxy groups -OCH3 is 1. The number of hydrogen-bond donors (Lipinski definition) is 2. The van der Waals surface area contributed by atoms with Crippen molar-refractivity contribution in [3.8, 4) is 11.5 Å². The molecule has 106 valence electrons. The summed E-state index contributed by atoms with van der Waals surface area (Å²) in [6.07, 6.45) is -5.75. The second kappa shape index (κ2) is 6.17. The van der Waals surface area contributed by atoms with Crippen molar-refractivity contribution >= 4 is 6.09 Å². The highest BCUT2D eigenvalue weighted by molar-refractivity contribution is 5.67. The minimum absolute atomic E-state index is 0.0752. The number of carbonyl (C=O) groups excluding carboxylic acids is 1. The average molecular weight is 279 g/mol. The van der Waals surface area contributed by atoms with E-state index in [0.29, 0.717) is 5.56 Å². The first-order chi connectivity index (χ1) is 8.81. The molecule has 1 aromatic carbocycles. The molecule has 0 aliphatic heterocycles. The van der Waals surface area contributed by atoms with Crippen molar-refractivity contribution in [3.05, 3.63) is 23.8 Å². The molecule has 0 aliphatic carbocycles. The molecule has 8 heteroatoms. The van der Waals surface area contributed by atoms with Crippen LogP contribution in [0.1, 0.15) is 5.56 Å². The second-order valence-corrected chi connectivity index (χ2v) is 3.55. The largest absolute Gasteiger partial charge is 0.504 e. The maximum absolute atomic E-state index is 11.8. The minimum atomic E-state index is -4.56. The molecule has 1 amide bonds. The van der Waals surface area contributed by atoms with Gasteiger partial charge in [-0.15, -0.1) is 0 Å². The zero-order valence-corrected chi connectivity index (χ0v) is 9.95. The van der Waals surface area contributed by atoms with Crippen molar-refractivity contribution in [1.82, 2.24) is 5.32 Å². The molecule has 0 spiro atoms. The highest BCUT2D eigenvalue weighted by Gasteiger charge is 2.29. The number of benzene rings is 1. The lowest BCUT2D eigenvalue weighted by Crippen LogP contribution is -2.28. The number of amides is 1. The van der Waals surface area contributed by atoms with Crippen LogP contribution in [0, 0.1) is 0 Å². The molecular weight excluding hydrogens is 267 g/mol. The number of carbonyl (C=O) groups is 1. The molecule has 0 radical (unpaired) electrons. The van der Waals surface area contributed by atoms with Crippen molar-refractivity contribution in [2.24, 2.45) is 0 Å². The molecule has 1 rings (SSSR count). The Hall–Kier alpha value is -2.12. The molecule has 0 unspecified atom stereocenters. The van der Waals surface area contributed by atoms with Crippen LogP contribution in [-0.2, 0) is 11.3 Å². The van der Waals surface area contributed by atoms with Crippen LogP contribution in [0.5, 0.6) is 11.5 Å². The van der Waals surface area contributed by atoms with Gasteiger partial charge in [0.25, 0.3) is 0 Å². The third-order valence-corrected chi connectivity index (χ3v) is 2.05. The standard InChI is InChI=1S/C11H12F3NO4/c1-18-9-3-2-7(4-8(9)16)5-15-10(17)19-6-11(12,13)14/h2-4,16H,5-6H2,1H3,(H,15,17). The number of alkyl carbamates (subject to hydrolysis) is 1. The number of ether oxygens (including phenoxy) is 2. The van der Waals surface area contributed by atoms with E-state index in [9.17, 15) is 23.1 Å². The average Bonchev–Trinajstić information content (AvgIpc) is 2.33. The summed E-state index contributed by atoms with van der Waals surface area (Å²) in [6, 6.07) is 4.33. The van der Waals surface area contributed by atoms with Crippen LogP contribution in [0.4, 0.5) is 18.0 Å². The van der Waals surface area contributed by atoms with Gasteiger partial charge in [-0.1, -0.05) is 6.07 Å². The highest BCUT2D eigenvalue weighted by Crippen LogP contribution is 2.26. The van der Waals surface area contributed by atoms with Crippen molar-refractivity contribution in [3.63, 3.8) is 0 Å². The van der Waals surface area contributed by atoms with E-state index in [1.165, 1.54) is 19.2 Å². The smallest absolute Gasteiger partial charge is 0.422 e. The van der Waals surface area contributed by atoms with Gasteiger partial charge in [-0.3, -0.25) is 0 Å². The SMILES string of the molecule is COc1ccc(CNC(=O)OCC(F)(F)F)cc1O. The zero-order valence-electron chi connectivity index (χ0n) is 9.95. The third kappa shape index (κ3) is 5.36. The number of phenolic OH excluding ortho intramolecular Hbond substituents is 1. The van der Waals surface area contributed by atoms with Gasteiger partial charge in [-0.25, -0.2) is 4.79 Å². The van der Waals surface area contributed by atoms with Gasteiger partial charge in [0.2, 0.25) is 0 Å². The minimum Gasteiger partial charge on any atom is -0.504 e. The topological polar surface area (TPSA) is 67.8 Å². The van der Waals surface area contributed by atoms with Gasteiger partial charge in [0, 0.05) is 6.54 Å². The number of hydrogen-bond acceptors (Lipinski definition) is 4. The fraction of sp³-hybridized carbons (Fsp3) is 0.364. The Morgan fingerprint density at radius 1 is 1.42 bits per heavy atom. The Morgan fingerprint density at radius 2 is 2.11 bits per heavy atom. The van der Waals surface area contributed by atoms with Crippen LogP contribution in [0.3, 0.4) is 0 Å². The summed E-state index contributed by atoms with van der Waals surface area (Å²) < 4.78 is 44.0. The lowest BCUT2D eigenvalue weighted by atomic mass is 10.2. The summed E-state index contributed by atoms with van der Waals surface area (Å²) in [7, 11) is 1.38. The number of halogens is 3. The maximum Gasteiger partial charge on any atom is 0.422 e. The monoisotopic (exact) mass is 279 g/mol. The lowest BCUT2D eigenvalue weighted by Gasteiger charge is -2.10. The molecule has 2 N–H and O–H groups in total. The number of aromatic hydroxyl groups is 1. The van der Waals surface area contributed by atoms with Crippen LogP contribution in [-0.4, -0.2) is 31.1 Å². The van der Waals surface area contributed by atoms with E-state index < -0.39 is 18.9 Å². The molecule has 0 aromatic heterocycles. The van der Waals surface area contributed by atoms with Crippen LogP contribution in [0.25, 0.3) is 0 Å². The van der Waals surface area contributed by atoms with E-state index in [4.69, 9.17) is 4.74 Å². The molecule has 0 heterocycles. The molecule has 0 saturated carbocycles. The number of rotatable bonds is 4. The number of alkyl halides is 3. The van der Waals surface area contributed by atoms with Gasteiger partial charge in [0.1, 0.15) is 0 Å². The molecule has 5 nitrogen and oxygen atoms in total. The molecule has 19 heavy (non-hydrogen) atoms. The molecule has 0 fully saturated rings. The summed E-state index contributed by atoms with van der Waals surface area (Å²) in [5.41, 5.74) is 0.488. The Morgan fingerprint density at radius 3 is 2.63 bits per heavy atom. The van der Waals surface area contributed by atoms with E-state index in [1.54, 1.807) is 6.07 Å². The van der Waals surface area contributed by atoms with Crippen molar-refractivity contribution < 1.29 is 32.5 Å². The third-order valence-electron chi connectivity index (χ3n) is 2.05. The molecule has 0 bridgehead atoms. The van der Waals surface area contributed by atoms with Crippen molar-refractivity contribution in [2.75, 3.05) is 13.7 Å². The van der Waals surface area contributed by atoms with Gasteiger partial charge in [-0.05, 0) is 17.7 Å². The predicted octanol–water partition coefficient (Wildman–Crippen LogP) is 2.19. The molecule has 0 aliphatic rings. The van der Waals surface area contributed by atoms with E-state index >= 15 is 0 Å². The van der Waals surface area contributed by atoms with Gasteiger partial charge in [0.05, 0.1) is 7.11 Å². The van der Waals surface area contributed by atoms with Crippen molar-refractivity contribution in [2.45, 2.75) is 12.7 Å². The molecule has 0 saturated heterocycles. The second-order valence-electron chi connectivity index (χ2n) is 3.55. The quantitative estimate of drug-likeness (QED) is 0.886. The van der Waals surface area contributed by atoms with E-state index in [-0.39, 0.29) is 18.0 Å².